The molecular weight excluding hydrogens is 266 g/mol. The smallest absolute Gasteiger partial charge is 0.309 e. The maximum Gasteiger partial charge on any atom is 0.309 e. The van der Waals surface area contributed by atoms with Crippen molar-refractivity contribution in [1.82, 2.24) is 9.97 Å². The molecule has 0 spiro atoms. The number of aliphatic carboxylic acids is 1. The van der Waals surface area contributed by atoms with E-state index >= 15 is 0 Å². The molecule has 2 heterocycles. The SMILES string of the molecule is CCCC1(C(=O)O)CCN(c2cc(CC)nc(C)n2)CC1. The predicted molar refractivity (Wildman–Crippen MR) is 82.6 cm³/mol. The Labute approximate surface area is 126 Å². The molecule has 1 fully saturated rings. The van der Waals surface area contributed by atoms with E-state index in [0.717, 1.165) is 49.7 Å². The van der Waals surface area contributed by atoms with Gasteiger partial charge in [0.2, 0.25) is 0 Å². The van der Waals surface area contributed by atoms with Crippen molar-refractivity contribution in [2.45, 2.75) is 52.9 Å². The zero-order chi connectivity index (χ0) is 15.5. The third kappa shape index (κ3) is 3.34. The van der Waals surface area contributed by atoms with Gasteiger partial charge in [-0.05, 0) is 32.6 Å². The standard InChI is InChI=1S/C16H25N3O2/c1-4-6-16(15(20)21)7-9-19(10-8-16)14-11-13(5-2)17-12(3)18-14/h11H,4-10H2,1-3H3,(H,20,21). The minimum absolute atomic E-state index is 0.541. The second kappa shape index (κ2) is 6.41. The highest BCUT2D eigenvalue weighted by Gasteiger charge is 2.40. The maximum absolute atomic E-state index is 11.6. The van der Waals surface area contributed by atoms with Crippen molar-refractivity contribution >= 4 is 11.8 Å². The minimum atomic E-state index is -0.642. The summed E-state index contributed by atoms with van der Waals surface area (Å²) in [4.78, 5) is 22.7. The van der Waals surface area contributed by atoms with E-state index in [1.54, 1.807) is 0 Å². The fourth-order valence-electron chi connectivity index (χ4n) is 3.17. The van der Waals surface area contributed by atoms with Crippen LogP contribution in [0.2, 0.25) is 0 Å². The highest BCUT2D eigenvalue weighted by molar-refractivity contribution is 5.75. The Morgan fingerprint density at radius 3 is 2.52 bits per heavy atom. The molecule has 0 radical (unpaired) electrons. The first-order chi connectivity index (χ1) is 10.0. The number of anilines is 1. The fraction of sp³-hybridized carbons (Fsp3) is 0.688. The number of hydrogen-bond donors (Lipinski definition) is 1. The van der Waals surface area contributed by atoms with Crippen LogP contribution in [0.15, 0.2) is 6.07 Å². The lowest BCUT2D eigenvalue weighted by atomic mass is 9.75. The van der Waals surface area contributed by atoms with E-state index in [9.17, 15) is 9.90 Å². The van der Waals surface area contributed by atoms with E-state index in [1.807, 2.05) is 13.0 Å². The van der Waals surface area contributed by atoms with Crippen LogP contribution in [-0.2, 0) is 11.2 Å². The molecule has 1 N–H and O–H groups in total. The van der Waals surface area contributed by atoms with Crippen LogP contribution in [0.25, 0.3) is 0 Å². The van der Waals surface area contributed by atoms with E-state index in [2.05, 4.69) is 28.7 Å². The molecule has 5 heteroatoms. The lowest BCUT2D eigenvalue weighted by molar-refractivity contribution is -0.150. The molecule has 1 aromatic heterocycles. The van der Waals surface area contributed by atoms with Gasteiger partial charge in [0.05, 0.1) is 5.41 Å². The summed E-state index contributed by atoms with van der Waals surface area (Å²) < 4.78 is 0. The first-order valence-electron chi connectivity index (χ1n) is 7.83. The molecular formula is C16H25N3O2. The van der Waals surface area contributed by atoms with Gasteiger partial charge in [-0.15, -0.1) is 0 Å². The third-order valence-corrected chi connectivity index (χ3v) is 4.47. The second-order valence-electron chi connectivity index (χ2n) is 5.94. The number of piperidine rings is 1. The normalized spacial score (nSPS) is 17.8. The van der Waals surface area contributed by atoms with Crippen molar-refractivity contribution in [3.8, 4) is 0 Å². The Morgan fingerprint density at radius 2 is 2.00 bits per heavy atom. The first kappa shape index (κ1) is 15.7. The van der Waals surface area contributed by atoms with Crippen LogP contribution < -0.4 is 4.90 Å². The Balaban J connectivity index is 2.13. The van der Waals surface area contributed by atoms with E-state index in [-0.39, 0.29) is 0 Å². The molecule has 1 aliphatic heterocycles. The molecule has 0 atom stereocenters. The van der Waals surface area contributed by atoms with Gasteiger partial charge >= 0.3 is 5.97 Å². The highest BCUT2D eigenvalue weighted by Crippen LogP contribution is 2.37. The minimum Gasteiger partial charge on any atom is -0.481 e. The maximum atomic E-state index is 11.6. The summed E-state index contributed by atoms with van der Waals surface area (Å²) in [5.74, 6) is 1.08. The first-order valence-corrected chi connectivity index (χ1v) is 7.83. The van der Waals surface area contributed by atoms with Crippen molar-refractivity contribution in [1.29, 1.82) is 0 Å². The number of aromatic nitrogens is 2. The molecule has 21 heavy (non-hydrogen) atoms. The van der Waals surface area contributed by atoms with Crippen LogP contribution in [0.4, 0.5) is 5.82 Å². The van der Waals surface area contributed by atoms with Crippen LogP contribution in [0.5, 0.6) is 0 Å². The fourth-order valence-corrected chi connectivity index (χ4v) is 3.17. The van der Waals surface area contributed by atoms with Gasteiger partial charge < -0.3 is 10.0 Å². The lowest BCUT2D eigenvalue weighted by Crippen LogP contribution is -2.44. The average Bonchev–Trinajstić information content (AvgIpc) is 2.47. The van der Waals surface area contributed by atoms with Crippen molar-refractivity contribution < 1.29 is 9.90 Å². The van der Waals surface area contributed by atoms with Gasteiger partial charge in [0.1, 0.15) is 11.6 Å². The molecule has 1 saturated heterocycles. The summed E-state index contributed by atoms with van der Waals surface area (Å²) >= 11 is 0. The van der Waals surface area contributed by atoms with Crippen LogP contribution in [0.3, 0.4) is 0 Å². The third-order valence-electron chi connectivity index (χ3n) is 4.47. The Kier molecular flexibility index (Phi) is 4.80. The topological polar surface area (TPSA) is 66.3 Å². The number of aryl methyl sites for hydroxylation is 2. The van der Waals surface area contributed by atoms with E-state index in [0.29, 0.717) is 12.8 Å². The van der Waals surface area contributed by atoms with Crippen molar-refractivity contribution in [3.05, 3.63) is 17.6 Å². The molecule has 0 aliphatic carbocycles. The molecule has 0 aromatic carbocycles. The Morgan fingerprint density at radius 1 is 1.33 bits per heavy atom. The highest BCUT2D eigenvalue weighted by atomic mass is 16.4. The van der Waals surface area contributed by atoms with Gasteiger partial charge in [0.15, 0.2) is 0 Å². The number of hydrogen-bond acceptors (Lipinski definition) is 4. The van der Waals surface area contributed by atoms with Crippen molar-refractivity contribution in [2.24, 2.45) is 5.41 Å². The summed E-state index contributed by atoms with van der Waals surface area (Å²) in [5.41, 5.74) is 0.502. The molecule has 0 bridgehead atoms. The van der Waals surface area contributed by atoms with Crippen LogP contribution in [-0.4, -0.2) is 34.1 Å². The van der Waals surface area contributed by atoms with Crippen LogP contribution in [0, 0.1) is 12.3 Å². The lowest BCUT2D eigenvalue weighted by Gasteiger charge is -2.39. The van der Waals surface area contributed by atoms with Crippen LogP contribution in [0.1, 0.15) is 51.0 Å². The monoisotopic (exact) mass is 291 g/mol. The second-order valence-corrected chi connectivity index (χ2v) is 5.94. The summed E-state index contributed by atoms with van der Waals surface area (Å²) in [5, 5.41) is 9.56. The van der Waals surface area contributed by atoms with Gasteiger partial charge in [-0.1, -0.05) is 20.3 Å². The average molecular weight is 291 g/mol. The Hall–Kier alpha value is -1.65. The van der Waals surface area contributed by atoms with Crippen molar-refractivity contribution in [3.63, 3.8) is 0 Å². The zero-order valence-corrected chi connectivity index (χ0v) is 13.2. The number of nitrogens with zero attached hydrogens (tertiary/aromatic N) is 3. The molecule has 2 rings (SSSR count). The summed E-state index contributed by atoms with van der Waals surface area (Å²) in [6.07, 6.45) is 3.96. The number of carbonyl (C=O) groups is 1. The van der Waals surface area contributed by atoms with Gasteiger partial charge in [0, 0.05) is 24.8 Å². The van der Waals surface area contributed by atoms with Gasteiger partial charge in [-0.25, -0.2) is 9.97 Å². The van der Waals surface area contributed by atoms with E-state index in [1.165, 1.54) is 0 Å². The van der Waals surface area contributed by atoms with Gasteiger partial charge in [-0.3, -0.25) is 4.79 Å². The summed E-state index contributed by atoms with van der Waals surface area (Å²) in [6, 6.07) is 2.03. The van der Waals surface area contributed by atoms with E-state index < -0.39 is 11.4 Å². The summed E-state index contributed by atoms with van der Waals surface area (Å²) in [7, 11) is 0. The molecule has 1 aromatic rings. The molecule has 0 saturated carbocycles. The van der Waals surface area contributed by atoms with Crippen molar-refractivity contribution in [2.75, 3.05) is 18.0 Å². The molecule has 0 amide bonds. The molecule has 1 aliphatic rings. The van der Waals surface area contributed by atoms with Gasteiger partial charge in [-0.2, -0.15) is 0 Å². The van der Waals surface area contributed by atoms with Crippen LogP contribution >= 0.6 is 0 Å². The number of rotatable bonds is 5. The van der Waals surface area contributed by atoms with Gasteiger partial charge in [0.25, 0.3) is 0 Å². The Bertz CT molecular complexity index is 508. The predicted octanol–water partition coefficient (Wildman–Crippen LogP) is 2.82. The quantitative estimate of drug-likeness (QED) is 0.903. The molecule has 116 valence electrons. The molecule has 0 unspecified atom stereocenters. The number of carboxylic acids is 1. The molecule has 5 nitrogen and oxygen atoms in total. The largest absolute Gasteiger partial charge is 0.481 e. The summed E-state index contributed by atoms with van der Waals surface area (Å²) in [6.45, 7) is 7.56. The zero-order valence-electron chi connectivity index (χ0n) is 13.2. The number of carboxylic acid groups (broad SMARTS) is 1. The van der Waals surface area contributed by atoms with E-state index in [4.69, 9.17) is 0 Å².